The average molecular weight is 368 g/mol. The molecule has 0 saturated carbocycles. The number of nitrogens with zero attached hydrogens (tertiary/aromatic N) is 2. The predicted molar refractivity (Wildman–Crippen MR) is 93.1 cm³/mol. The van der Waals surface area contributed by atoms with Gasteiger partial charge in [-0.3, -0.25) is 9.59 Å². The van der Waals surface area contributed by atoms with E-state index in [0.717, 1.165) is 5.56 Å². The number of hydrogen-bond acceptors (Lipinski definition) is 4. The number of carbonyl (C=O) groups is 3. The van der Waals surface area contributed by atoms with Gasteiger partial charge in [-0.05, 0) is 18.6 Å². The minimum absolute atomic E-state index is 0.218. The van der Waals surface area contributed by atoms with Crippen molar-refractivity contribution in [2.75, 3.05) is 32.8 Å². The van der Waals surface area contributed by atoms with Gasteiger partial charge < -0.3 is 19.9 Å². The van der Waals surface area contributed by atoms with Crippen LogP contribution in [0.2, 0.25) is 5.02 Å². The molecule has 2 rings (SSSR count). The normalized spacial score (nSPS) is 14.2. The number of benzene rings is 1. The summed E-state index contributed by atoms with van der Waals surface area (Å²) in [6.07, 6.45) is -0.587. The highest BCUT2D eigenvalue weighted by Gasteiger charge is 2.25. The lowest BCUT2D eigenvalue weighted by Crippen LogP contribution is -2.51. The van der Waals surface area contributed by atoms with Crippen LogP contribution in [0, 0.1) is 0 Å². The highest BCUT2D eigenvalue weighted by molar-refractivity contribution is 6.31. The van der Waals surface area contributed by atoms with E-state index in [2.05, 4.69) is 5.32 Å². The molecule has 8 heteroatoms. The highest BCUT2D eigenvalue weighted by atomic mass is 35.5. The fourth-order valence-electron chi connectivity index (χ4n) is 2.50. The van der Waals surface area contributed by atoms with E-state index >= 15 is 0 Å². The Balaban J connectivity index is 1.74. The van der Waals surface area contributed by atoms with Crippen LogP contribution in [0.15, 0.2) is 24.3 Å². The van der Waals surface area contributed by atoms with E-state index in [1.165, 1.54) is 0 Å². The van der Waals surface area contributed by atoms with Crippen molar-refractivity contribution >= 4 is 29.5 Å². The monoisotopic (exact) mass is 367 g/mol. The van der Waals surface area contributed by atoms with Crippen molar-refractivity contribution < 1.29 is 19.1 Å². The summed E-state index contributed by atoms with van der Waals surface area (Å²) in [6.45, 7) is 3.97. The van der Waals surface area contributed by atoms with Gasteiger partial charge in [0.25, 0.3) is 0 Å². The van der Waals surface area contributed by atoms with Crippen molar-refractivity contribution in [1.82, 2.24) is 15.1 Å². The summed E-state index contributed by atoms with van der Waals surface area (Å²) < 4.78 is 4.93. The Hall–Kier alpha value is -2.28. The summed E-state index contributed by atoms with van der Waals surface area (Å²) in [5, 5.41) is 3.27. The molecule has 3 amide bonds. The third-order valence-corrected chi connectivity index (χ3v) is 4.27. The fourth-order valence-corrected chi connectivity index (χ4v) is 2.70. The van der Waals surface area contributed by atoms with Crippen LogP contribution in [-0.2, 0) is 20.9 Å². The van der Waals surface area contributed by atoms with E-state index < -0.39 is 0 Å². The van der Waals surface area contributed by atoms with Crippen LogP contribution in [-0.4, -0.2) is 60.5 Å². The van der Waals surface area contributed by atoms with E-state index in [1.54, 1.807) is 22.8 Å². The van der Waals surface area contributed by atoms with Gasteiger partial charge in [-0.1, -0.05) is 29.8 Å². The van der Waals surface area contributed by atoms with E-state index in [4.69, 9.17) is 16.3 Å². The van der Waals surface area contributed by atoms with Gasteiger partial charge in [0.1, 0.15) is 6.42 Å². The Kier molecular flexibility index (Phi) is 7.06. The second-order valence-electron chi connectivity index (χ2n) is 5.61. The number of halogens is 1. The Labute approximate surface area is 151 Å². The highest BCUT2D eigenvalue weighted by Crippen LogP contribution is 2.14. The Morgan fingerprint density at radius 3 is 2.40 bits per heavy atom. The lowest BCUT2D eigenvalue weighted by Gasteiger charge is -2.34. The molecule has 0 bridgehead atoms. The molecule has 0 unspecified atom stereocenters. The van der Waals surface area contributed by atoms with E-state index in [9.17, 15) is 14.4 Å². The number of hydrogen-bond donors (Lipinski definition) is 1. The summed E-state index contributed by atoms with van der Waals surface area (Å²) >= 11 is 6.03. The Morgan fingerprint density at radius 2 is 1.76 bits per heavy atom. The van der Waals surface area contributed by atoms with Crippen molar-refractivity contribution in [3.05, 3.63) is 34.9 Å². The fraction of sp³-hybridized carbons (Fsp3) is 0.471. The zero-order valence-corrected chi connectivity index (χ0v) is 14.9. The lowest BCUT2D eigenvalue weighted by molar-refractivity contribution is -0.137. The molecule has 136 valence electrons. The number of rotatable bonds is 5. The van der Waals surface area contributed by atoms with Crippen LogP contribution >= 0.6 is 11.6 Å². The van der Waals surface area contributed by atoms with E-state index in [0.29, 0.717) is 37.8 Å². The average Bonchev–Trinajstić information content (AvgIpc) is 2.61. The summed E-state index contributed by atoms with van der Waals surface area (Å²) in [4.78, 5) is 38.9. The maximum atomic E-state index is 12.2. The molecule has 0 radical (unpaired) electrons. The third-order valence-electron chi connectivity index (χ3n) is 3.90. The smallest absolute Gasteiger partial charge is 0.409 e. The molecule has 1 aromatic rings. The van der Waals surface area contributed by atoms with Crippen LogP contribution in [0.4, 0.5) is 4.79 Å². The summed E-state index contributed by atoms with van der Waals surface area (Å²) in [5.74, 6) is -0.599. The molecule has 0 aliphatic carbocycles. The van der Waals surface area contributed by atoms with Crippen molar-refractivity contribution in [3.63, 3.8) is 0 Å². The molecule has 7 nitrogen and oxygen atoms in total. The van der Waals surface area contributed by atoms with Gasteiger partial charge in [0.05, 0.1) is 6.61 Å². The maximum Gasteiger partial charge on any atom is 0.409 e. The van der Waals surface area contributed by atoms with Crippen molar-refractivity contribution in [1.29, 1.82) is 0 Å². The largest absolute Gasteiger partial charge is 0.450 e. The second-order valence-corrected chi connectivity index (χ2v) is 6.02. The van der Waals surface area contributed by atoms with Gasteiger partial charge in [-0.15, -0.1) is 0 Å². The lowest BCUT2D eigenvalue weighted by atomic mass is 10.2. The minimum Gasteiger partial charge on any atom is -0.450 e. The molecule has 0 aromatic heterocycles. The quantitative estimate of drug-likeness (QED) is 0.802. The summed E-state index contributed by atoms with van der Waals surface area (Å²) in [7, 11) is 0. The van der Waals surface area contributed by atoms with Gasteiger partial charge in [-0.25, -0.2) is 4.79 Å². The van der Waals surface area contributed by atoms with Gasteiger partial charge in [-0.2, -0.15) is 0 Å². The molecule has 1 aliphatic rings. The van der Waals surface area contributed by atoms with E-state index in [1.807, 2.05) is 18.2 Å². The number of piperazine rings is 1. The first-order chi connectivity index (χ1) is 12.0. The van der Waals surface area contributed by atoms with Gasteiger partial charge in [0.2, 0.25) is 11.8 Å². The number of nitrogens with one attached hydrogen (secondary N) is 1. The second kappa shape index (κ2) is 9.27. The Morgan fingerprint density at radius 1 is 1.12 bits per heavy atom. The molecule has 0 atom stereocenters. The molecule has 1 saturated heterocycles. The molecule has 1 heterocycles. The molecule has 1 aromatic carbocycles. The standard InChI is InChI=1S/C17H22ClN3O4/c1-2-25-17(24)21-9-7-20(8-10-21)16(23)11-15(22)19-12-13-5-3-4-6-14(13)18/h3-6H,2,7-12H2,1H3,(H,19,22). The van der Waals surface area contributed by atoms with Gasteiger partial charge in [0.15, 0.2) is 0 Å². The topological polar surface area (TPSA) is 79.0 Å². The molecular formula is C17H22ClN3O4. The number of ether oxygens (including phenoxy) is 1. The zero-order valence-electron chi connectivity index (χ0n) is 14.2. The zero-order chi connectivity index (χ0) is 18.2. The first-order valence-electron chi connectivity index (χ1n) is 8.20. The minimum atomic E-state index is -0.368. The van der Waals surface area contributed by atoms with Crippen LogP contribution in [0.25, 0.3) is 0 Å². The van der Waals surface area contributed by atoms with E-state index in [-0.39, 0.29) is 30.9 Å². The molecular weight excluding hydrogens is 346 g/mol. The van der Waals surface area contributed by atoms with Gasteiger partial charge in [0, 0.05) is 37.7 Å². The predicted octanol–water partition coefficient (Wildman–Crippen LogP) is 1.65. The van der Waals surface area contributed by atoms with Crippen LogP contribution in [0.3, 0.4) is 0 Å². The first kappa shape index (κ1) is 19.1. The van der Waals surface area contributed by atoms with Crippen LogP contribution < -0.4 is 5.32 Å². The summed E-state index contributed by atoms with van der Waals surface area (Å²) in [5.41, 5.74) is 0.799. The Bertz CT molecular complexity index is 630. The molecule has 1 N–H and O–H groups in total. The number of amides is 3. The third kappa shape index (κ3) is 5.63. The van der Waals surface area contributed by atoms with Crippen LogP contribution in [0.1, 0.15) is 18.9 Å². The maximum absolute atomic E-state index is 12.2. The summed E-state index contributed by atoms with van der Waals surface area (Å²) in [6, 6.07) is 7.21. The van der Waals surface area contributed by atoms with Gasteiger partial charge >= 0.3 is 6.09 Å². The number of carbonyl (C=O) groups excluding carboxylic acids is 3. The van der Waals surface area contributed by atoms with Crippen molar-refractivity contribution in [3.8, 4) is 0 Å². The van der Waals surface area contributed by atoms with Crippen molar-refractivity contribution in [2.24, 2.45) is 0 Å². The van der Waals surface area contributed by atoms with Crippen LogP contribution in [0.5, 0.6) is 0 Å². The molecule has 0 spiro atoms. The molecule has 1 aliphatic heterocycles. The molecule has 1 fully saturated rings. The molecule has 25 heavy (non-hydrogen) atoms. The SMILES string of the molecule is CCOC(=O)N1CCN(C(=O)CC(=O)NCc2ccccc2Cl)CC1. The first-order valence-corrected chi connectivity index (χ1v) is 8.58. The van der Waals surface area contributed by atoms with Crippen molar-refractivity contribution in [2.45, 2.75) is 19.9 Å².